The van der Waals surface area contributed by atoms with Crippen LogP contribution in [0.1, 0.15) is 9.67 Å². The summed E-state index contributed by atoms with van der Waals surface area (Å²) in [6, 6.07) is 5.69. The zero-order valence-corrected chi connectivity index (χ0v) is 8.85. The molecule has 1 heterocycles. The molecule has 2 nitrogen and oxygen atoms in total. The van der Waals surface area contributed by atoms with Crippen molar-refractivity contribution in [3.63, 3.8) is 0 Å². The molecule has 0 aliphatic heterocycles. The maximum absolute atomic E-state index is 13.1. The fourth-order valence-corrected chi connectivity index (χ4v) is 2.13. The highest BCUT2D eigenvalue weighted by molar-refractivity contribution is 7.17. The molecule has 0 unspecified atom stereocenters. The third-order valence-corrected chi connectivity index (χ3v) is 3.14. The predicted molar refractivity (Wildman–Crippen MR) is 59.5 cm³/mol. The van der Waals surface area contributed by atoms with Crippen molar-refractivity contribution in [1.82, 2.24) is 0 Å². The van der Waals surface area contributed by atoms with Crippen molar-refractivity contribution in [2.24, 2.45) is 0 Å². The quantitative estimate of drug-likeness (QED) is 0.646. The number of halogens is 2. The summed E-state index contributed by atoms with van der Waals surface area (Å²) in [4.78, 5) is 11.7. The molecule has 0 saturated heterocycles. The summed E-state index contributed by atoms with van der Waals surface area (Å²) >= 11 is 1.20. The molecule has 0 bridgehead atoms. The second kappa shape index (κ2) is 4.02. The minimum absolute atomic E-state index is 0.240. The number of nitrogens with two attached hydrogens (primary N) is 1. The Morgan fingerprint density at radius 1 is 1.25 bits per heavy atom. The third kappa shape index (κ3) is 1.81. The Labute approximate surface area is 94.3 Å². The maximum atomic E-state index is 13.1. The first kappa shape index (κ1) is 10.8. The molecule has 0 spiro atoms. The van der Waals surface area contributed by atoms with Gasteiger partial charge in [0.25, 0.3) is 0 Å². The van der Waals surface area contributed by atoms with E-state index in [9.17, 15) is 13.6 Å². The van der Waals surface area contributed by atoms with Gasteiger partial charge in [0.1, 0.15) is 0 Å². The van der Waals surface area contributed by atoms with Crippen molar-refractivity contribution in [1.29, 1.82) is 0 Å². The van der Waals surface area contributed by atoms with Crippen LogP contribution in [0.25, 0.3) is 10.4 Å². The first-order valence-corrected chi connectivity index (χ1v) is 5.23. The van der Waals surface area contributed by atoms with Crippen molar-refractivity contribution < 1.29 is 13.6 Å². The van der Waals surface area contributed by atoms with Gasteiger partial charge in [0.2, 0.25) is 0 Å². The number of rotatable bonds is 2. The minimum Gasteiger partial charge on any atom is -0.396 e. The van der Waals surface area contributed by atoms with Crippen LogP contribution in [0, 0.1) is 11.6 Å². The molecule has 2 aromatic rings. The van der Waals surface area contributed by atoms with Gasteiger partial charge in [0.15, 0.2) is 17.9 Å². The van der Waals surface area contributed by atoms with Crippen molar-refractivity contribution in [2.45, 2.75) is 0 Å². The molecular formula is C11H7F2NOS. The number of nitrogen functional groups attached to an aromatic ring is 1. The SMILES string of the molecule is Nc1cc(-c2ccc(C=O)s2)cc(F)c1F. The van der Waals surface area contributed by atoms with Crippen molar-refractivity contribution in [3.05, 3.63) is 40.8 Å². The average molecular weight is 239 g/mol. The van der Waals surface area contributed by atoms with Gasteiger partial charge in [-0.05, 0) is 29.8 Å². The summed E-state index contributed by atoms with van der Waals surface area (Å²) in [5.41, 5.74) is 5.55. The number of benzene rings is 1. The normalized spacial score (nSPS) is 10.4. The molecule has 1 aromatic heterocycles. The van der Waals surface area contributed by atoms with E-state index >= 15 is 0 Å². The summed E-state index contributed by atoms with van der Waals surface area (Å²) in [6.07, 6.45) is 0.706. The Bertz CT molecular complexity index is 528. The summed E-state index contributed by atoms with van der Waals surface area (Å²) < 4.78 is 26.0. The molecule has 0 atom stereocenters. The molecule has 0 aliphatic rings. The molecule has 82 valence electrons. The number of carbonyl (C=O) groups is 1. The molecule has 0 amide bonds. The Hall–Kier alpha value is -1.75. The number of hydrogen-bond acceptors (Lipinski definition) is 3. The summed E-state index contributed by atoms with van der Waals surface area (Å²) in [5, 5.41) is 0. The fraction of sp³-hybridized carbons (Fsp3) is 0. The van der Waals surface area contributed by atoms with E-state index < -0.39 is 11.6 Å². The van der Waals surface area contributed by atoms with Gasteiger partial charge in [-0.1, -0.05) is 0 Å². The van der Waals surface area contributed by atoms with Crippen LogP contribution in [-0.4, -0.2) is 6.29 Å². The topological polar surface area (TPSA) is 43.1 Å². The zero-order valence-electron chi connectivity index (χ0n) is 8.04. The van der Waals surface area contributed by atoms with E-state index in [0.717, 1.165) is 6.07 Å². The summed E-state index contributed by atoms with van der Waals surface area (Å²) in [7, 11) is 0. The van der Waals surface area contributed by atoms with E-state index in [1.54, 1.807) is 12.1 Å². The lowest BCUT2D eigenvalue weighted by molar-refractivity contribution is 0.112. The van der Waals surface area contributed by atoms with Crippen molar-refractivity contribution in [2.75, 3.05) is 5.73 Å². The van der Waals surface area contributed by atoms with Crippen LogP contribution in [0.2, 0.25) is 0 Å². The van der Waals surface area contributed by atoms with E-state index in [2.05, 4.69) is 0 Å². The van der Waals surface area contributed by atoms with Crippen LogP contribution in [-0.2, 0) is 0 Å². The highest BCUT2D eigenvalue weighted by Crippen LogP contribution is 2.30. The molecule has 16 heavy (non-hydrogen) atoms. The summed E-state index contributed by atoms with van der Waals surface area (Å²) in [6.45, 7) is 0. The average Bonchev–Trinajstić information content (AvgIpc) is 2.73. The van der Waals surface area contributed by atoms with Gasteiger partial charge in [-0.3, -0.25) is 4.79 Å². The van der Waals surface area contributed by atoms with E-state index in [4.69, 9.17) is 5.73 Å². The Kier molecular flexibility index (Phi) is 2.70. The van der Waals surface area contributed by atoms with Crippen molar-refractivity contribution in [3.8, 4) is 10.4 Å². The smallest absolute Gasteiger partial charge is 0.181 e. The molecule has 0 radical (unpaired) electrons. The van der Waals surface area contributed by atoms with Crippen LogP contribution in [0.15, 0.2) is 24.3 Å². The highest BCUT2D eigenvalue weighted by atomic mass is 32.1. The van der Waals surface area contributed by atoms with Gasteiger partial charge in [-0.2, -0.15) is 0 Å². The molecule has 2 N–H and O–H groups in total. The van der Waals surface area contributed by atoms with E-state index in [0.29, 0.717) is 21.6 Å². The number of anilines is 1. The highest BCUT2D eigenvalue weighted by Gasteiger charge is 2.10. The Morgan fingerprint density at radius 3 is 2.56 bits per heavy atom. The number of hydrogen-bond donors (Lipinski definition) is 1. The van der Waals surface area contributed by atoms with Gasteiger partial charge in [-0.15, -0.1) is 11.3 Å². The number of aldehydes is 1. The fourth-order valence-electron chi connectivity index (χ4n) is 1.32. The van der Waals surface area contributed by atoms with Crippen LogP contribution < -0.4 is 5.73 Å². The molecule has 0 fully saturated rings. The number of carbonyl (C=O) groups excluding carboxylic acids is 1. The largest absolute Gasteiger partial charge is 0.396 e. The first-order chi connectivity index (χ1) is 7.61. The molecular weight excluding hydrogens is 232 g/mol. The second-order valence-corrected chi connectivity index (χ2v) is 4.30. The lowest BCUT2D eigenvalue weighted by Crippen LogP contribution is -1.94. The first-order valence-electron chi connectivity index (χ1n) is 4.41. The monoisotopic (exact) mass is 239 g/mol. The second-order valence-electron chi connectivity index (χ2n) is 3.18. The van der Waals surface area contributed by atoms with Gasteiger partial charge < -0.3 is 5.73 Å². The van der Waals surface area contributed by atoms with Crippen LogP contribution in [0.3, 0.4) is 0 Å². The standard InChI is InChI=1S/C11H7F2NOS/c12-8-3-6(4-9(14)11(8)13)10-2-1-7(5-15)16-10/h1-5H,14H2. The number of thiophene rings is 1. The predicted octanol–water partition coefficient (Wildman–Crippen LogP) is 3.09. The zero-order chi connectivity index (χ0) is 11.7. The maximum Gasteiger partial charge on any atom is 0.181 e. The van der Waals surface area contributed by atoms with Crippen molar-refractivity contribution >= 4 is 23.3 Å². The van der Waals surface area contributed by atoms with Gasteiger partial charge in [0.05, 0.1) is 10.6 Å². The summed E-state index contributed by atoms with van der Waals surface area (Å²) in [5.74, 6) is -2.04. The molecule has 2 rings (SSSR count). The van der Waals surface area contributed by atoms with Gasteiger partial charge in [0, 0.05) is 4.88 Å². The third-order valence-electron chi connectivity index (χ3n) is 2.08. The van der Waals surface area contributed by atoms with E-state index in [-0.39, 0.29) is 5.69 Å². The minimum atomic E-state index is -1.05. The van der Waals surface area contributed by atoms with Crippen LogP contribution >= 0.6 is 11.3 Å². The molecule has 1 aromatic carbocycles. The van der Waals surface area contributed by atoms with Crippen LogP contribution in [0.4, 0.5) is 14.5 Å². The van der Waals surface area contributed by atoms with E-state index in [1.807, 2.05) is 0 Å². The Morgan fingerprint density at radius 2 is 2.00 bits per heavy atom. The van der Waals surface area contributed by atoms with Crippen LogP contribution in [0.5, 0.6) is 0 Å². The lowest BCUT2D eigenvalue weighted by atomic mass is 10.1. The molecule has 0 aliphatic carbocycles. The Balaban J connectivity index is 2.52. The van der Waals surface area contributed by atoms with Gasteiger partial charge in [-0.25, -0.2) is 8.78 Å². The molecule has 5 heteroatoms. The van der Waals surface area contributed by atoms with Gasteiger partial charge >= 0.3 is 0 Å². The van der Waals surface area contributed by atoms with E-state index in [1.165, 1.54) is 17.4 Å². The lowest BCUT2D eigenvalue weighted by Gasteiger charge is -2.02. The molecule has 0 saturated carbocycles.